The van der Waals surface area contributed by atoms with Gasteiger partial charge in [0.2, 0.25) is 5.79 Å². The van der Waals surface area contributed by atoms with Gasteiger partial charge in [-0.25, -0.2) is 0 Å². The zero-order valence-corrected chi connectivity index (χ0v) is 8.32. The topological polar surface area (TPSA) is 54.0 Å². The van der Waals surface area contributed by atoms with E-state index in [2.05, 4.69) is 0 Å². The van der Waals surface area contributed by atoms with E-state index in [1.807, 2.05) is 0 Å². The summed E-state index contributed by atoms with van der Waals surface area (Å²) in [6, 6.07) is 0. The molecular weight excluding hydrogens is 188 g/mol. The van der Waals surface area contributed by atoms with Crippen LogP contribution in [0.2, 0.25) is 0 Å². The Balaban J connectivity index is 2.11. The number of carbonyl (C=O) groups excluding carboxylic acids is 1. The molecule has 3 atom stereocenters. The molecular formula is C9H14O5. The van der Waals surface area contributed by atoms with Crippen LogP contribution >= 0.6 is 0 Å². The maximum absolute atomic E-state index is 10.9. The summed E-state index contributed by atoms with van der Waals surface area (Å²) < 4.78 is 21.3. The van der Waals surface area contributed by atoms with Crippen LogP contribution in [-0.2, 0) is 23.7 Å². The predicted octanol–water partition coefficient (Wildman–Crippen LogP) is 0.427. The van der Waals surface area contributed by atoms with Gasteiger partial charge in [0.25, 0.3) is 0 Å². The smallest absolute Gasteiger partial charge is 0.303 e. The predicted molar refractivity (Wildman–Crippen MR) is 45.4 cm³/mol. The Kier molecular flexibility index (Phi) is 2.47. The van der Waals surface area contributed by atoms with Crippen LogP contribution < -0.4 is 0 Å². The summed E-state index contributed by atoms with van der Waals surface area (Å²) in [5, 5.41) is 0. The summed E-state index contributed by atoms with van der Waals surface area (Å²) in [7, 11) is 1.54. The van der Waals surface area contributed by atoms with Crippen LogP contribution in [0.5, 0.6) is 0 Å². The van der Waals surface area contributed by atoms with E-state index in [4.69, 9.17) is 18.9 Å². The summed E-state index contributed by atoms with van der Waals surface area (Å²) in [4.78, 5) is 10.9. The Morgan fingerprint density at radius 3 is 2.93 bits per heavy atom. The third-order valence-corrected chi connectivity index (χ3v) is 2.61. The molecule has 2 fully saturated rings. The van der Waals surface area contributed by atoms with Crippen molar-refractivity contribution in [1.29, 1.82) is 0 Å². The molecule has 0 N–H and O–H groups in total. The van der Waals surface area contributed by atoms with Crippen molar-refractivity contribution in [2.75, 3.05) is 13.7 Å². The minimum Gasteiger partial charge on any atom is -0.457 e. The van der Waals surface area contributed by atoms with Crippen LogP contribution in [0.25, 0.3) is 0 Å². The number of hydrogen-bond acceptors (Lipinski definition) is 5. The number of ether oxygens (including phenoxy) is 4. The van der Waals surface area contributed by atoms with Crippen LogP contribution in [0.3, 0.4) is 0 Å². The summed E-state index contributed by atoms with van der Waals surface area (Å²) in [6.07, 6.45) is 0.895. The van der Waals surface area contributed by atoms with Gasteiger partial charge >= 0.3 is 5.97 Å². The third-order valence-electron chi connectivity index (χ3n) is 2.61. The van der Waals surface area contributed by atoms with Crippen molar-refractivity contribution in [2.24, 2.45) is 0 Å². The number of esters is 1. The van der Waals surface area contributed by atoms with E-state index in [1.54, 1.807) is 0 Å². The van der Waals surface area contributed by atoms with Crippen LogP contribution in [-0.4, -0.2) is 37.9 Å². The Morgan fingerprint density at radius 2 is 2.29 bits per heavy atom. The van der Waals surface area contributed by atoms with E-state index in [0.717, 1.165) is 12.8 Å². The quantitative estimate of drug-likeness (QED) is 0.608. The first kappa shape index (κ1) is 9.89. The molecule has 2 bridgehead atoms. The standard InChI is InChI=1S/C9H14O5/c1-6(10)13-7-3-4-8-12-5-9(7,11-2)14-8/h7-8H,3-5H2,1-2H3. The van der Waals surface area contributed by atoms with Gasteiger partial charge in [0.1, 0.15) is 6.61 Å². The lowest BCUT2D eigenvalue weighted by Gasteiger charge is -2.36. The molecule has 80 valence electrons. The first-order valence-corrected chi connectivity index (χ1v) is 4.68. The van der Waals surface area contributed by atoms with Crippen LogP contribution in [0.4, 0.5) is 0 Å². The van der Waals surface area contributed by atoms with Gasteiger partial charge in [-0.15, -0.1) is 0 Å². The van der Waals surface area contributed by atoms with Crippen molar-refractivity contribution < 1.29 is 23.7 Å². The molecule has 0 radical (unpaired) electrons. The highest BCUT2D eigenvalue weighted by atomic mass is 16.8. The molecule has 0 aromatic carbocycles. The largest absolute Gasteiger partial charge is 0.457 e. The first-order valence-electron chi connectivity index (χ1n) is 4.68. The van der Waals surface area contributed by atoms with Crippen molar-refractivity contribution in [3.8, 4) is 0 Å². The fourth-order valence-corrected chi connectivity index (χ4v) is 1.91. The summed E-state index contributed by atoms with van der Waals surface area (Å²) in [5.41, 5.74) is 0. The van der Waals surface area contributed by atoms with Crippen LogP contribution in [0, 0.1) is 0 Å². The fraction of sp³-hybridized carbons (Fsp3) is 0.889. The van der Waals surface area contributed by atoms with E-state index >= 15 is 0 Å². The monoisotopic (exact) mass is 202 g/mol. The number of rotatable bonds is 2. The van der Waals surface area contributed by atoms with Gasteiger partial charge in [0.15, 0.2) is 12.4 Å². The zero-order chi connectivity index (χ0) is 10.2. The molecule has 0 spiro atoms. The van der Waals surface area contributed by atoms with E-state index < -0.39 is 5.79 Å². The van der Waals surface area contributed by atoms with E-state index in [0.29, 0.717) is 6.61 Å². The van der Waals surface area contributed by atoms with E-state index in [1.165, 1.54) is 14.0 Å². The van der Waals surface area contributed by atoms with Gasteiger partial charge < -0.3 is 18.9 Å². The molecule has 5 heteroatoms. The van der Waals surface area contributed by atoms with Gasteiger partial charge in [0, 0.05) is 20.5 Å². The van der Waals surface area contributed by atoms with Gasteiger partial charge in [0.05, 0.1) is 0 Å². The van der Waals surface area contributed by atoms with Crippen molar-refractivity contribution in [2.45, 2.75) is 37.9 Å². The number of hydrogen-bond donors (Lipinski definition) is 0. The molecule has 0 aromatic heterocycles. The Hall–Kier alpha value is -0.650. The fourth-order valence-electron chi connectivity index (χ4n) is 1.91. The second-order valence-electron chi connectivity index (χ2n) is 3.55. The van der Waals surface area contributed by atoms with E-state index in [-0.39, 0.29) is 18.4 Å². The van der Waals surface area contributed by atoms with Crippen molar-refractivity contribution in [1.82, 2.24) is 0 Å². The Bertz CT molecular complexity index is 241. The molecule has 3 unspecified atom stereocenters. The van der Waals surface area contributed by atoms with E-state index in [9.17, 15) is 4.79 Å². The second kappa shape index (κ2) is 3.49. The third kappa shape index (κ3) is 1.51. The van der Waals surface area contributed by atoms with Gasteiger partial charge in [-0.3, -0.25) is 4.79 Å². The Morgan fingerprint density at radius 1 is 1.50 bits per heavy atom. The van der Waals surface area contributed by atoms with Crippen LogP contribution in [0.15, 0.2) is 0 Å². The van der Waals surface area contributed by atoms with Crippen molar-refractivity contribution in [3.63, 3.8) is 0 Å². The van der Waals surface area contributed by atoms with Crippen molar-refractivity contribution >= 4 is 5.97 Å². The Labute approximate surface area is 82.3 Å². The van der Waals surface area contributed by atoms with Gasteiger partial charge in [-0.1, -0.05) is 0 Å². The zero-order valence-electron chi connectivity index (χ0n) is 8.32. The normalized spacial score (nSPS) is 41.0. The molecule has 0 saturated carbocycles. The summed E-state index contributed by atoms with van der Waals surface area (Å²) >= 11 is 0. The highest BCUT2D eigenvalue weighted by Crippen LogP contribution is 2.38. The molecule has 14 heavy (non-hydrogen) atoms. The van der Waals surface area contributed by atoms with Crippen molar-refractivity contribution in [3.05, 3.63) is 0 Å². The minimum atomic E-state index is -0.880. The maximum Gasteiger partial charge on any atom is 0.303 e. The molecule has 5 nitrogen and oxygen atoms in total. The van der Waals surface area contributed by atoms with Gasteiger partial charge in [-0.05, 0) is 6.42 Å². The maximum atomic E-state index is 10.9. The summed E-state index contributed by atoms with van der Waals surface area (Å²) in [5.74, 6) is -1.20. The second-order valence-corrected chi connectivity index (χ2v) is 3.55. The molecule has 0 aliphatic carbocycles. The lowest BCUT2D eigenvalue weighted by Crippen LogP contribution is -2.51. The molecule has 2 aliphatic rings. The molecule has 0 aromatic rings. The first-order chi connectivity index (χ1) is 6.66. The highest BCUT2D eigenvalue weighted by molar-refractivity contribution is 5.66. The highest BCUT2D eigenvalue weighted by Gasteiger charge is 2.53. The number of carbonyl (C=O) groups is 1. The molecule has 2 saturated heterocycles. The lowest BCUT2D eigenvalue weighted by molar-refractivity contribution is -0.282. The number of fused-ring (bicyclic) bond motifs is 2. The molecule has 2 heterocycles. The van der Waals surface area contributed by atoms with Gasteiger partial charge in [-0.2, -0.15) is 0 Å². The SMILES string of the molecule is COC12COC(CCC1OC(C)=O)O2. The average molecular weight is 202 g/mol. The molecule has 2 rings (SSSR count). The van der Waals surface area contributed by atoms with Crippen LogP contribution in [0.1, 0.15) is 19.8 Å². The molecule has 0 amide bonds. The summed E-state index contributed by atoms with van der Waals surface area (Å²) in [6.45, 7) is 1.71. The number of methoxy groups -OCH3 is 1. The lowest BCUT2D eigenvalue weighted by atomic mass is 10.0. The molecule has 2 aliphatic heterocycles. The minimum absolute atomic E-state index is 0.207. The average Bonchev–Trinajstić information content (AvgIpc) is 2.50.